The maximum absolute atomic E-state index is 12.2. The molecular formula is C13H16N4O2S. The molecule has 0 aromatic carbocycles. The normalized spacial score (nSPS) is 10.3. The van der Waals surface area contributed by atoms with Crippen LogP contribution in [0.1, 0.15) is 28.0 Å². The summed E-state index contributed by atoms with van der Waals surface area (Å²) in [5.74, 6) is 0.459. The van der Waals surface area contributed by atoms with Gasteiger partial charge in [0.1, 0.15) is 16.3 Å². The maximum Gasteiger partial charge on any atom is 0.267 e. The van der Waals surface area contributed by atoms with E-state index >= 15 is 0 Å². The summed E-state index contributed by atoms with van der Waals surface area (Å²) >= 11 is 1.29. The number of thiazole rings is 1. The van der Waals surface area contributed by atoms with Gasteiger partial charge >= 0.3 is 0 Å². The number of aromatic nitrogens is 2. The summed E-state index contributed by atoms with van der Waals surface area (Å²) in [5.41, 5.74) is 1.32. The number of nitrogens with one attached hydrogen (secondary N) is 2. The number of anilines is 2. The van der Waals surface area contributed by atoms with E-state index in [2.05, 4.69) is 27.4 Å². The summed E-state index contributed by atoms with van der Waals surface area (Å²) in [6, 6.07) is 0. The summed E-state index contributed by atoms with van der Waals surface area (Å²) < 4.78 is 5.14. The van der Waals surface area contributed by atoms with Crippen molar-refractivity contribution >= 4 is 28.1 Å². The molecule has 2 rings (SSSR count). The van der Waals surface area contributed by atoms with Crippen molar-refractivity contribution < 1.29 is 9.32 Å². The third-order valence-electron chi connectivity index (χ3n) is 2.62. The van der Waals surface area contributed by atoms with Crippen molar-refractivity contribution in [2.45, 2.75) is 20.3 Å². The zero-order chi connectivity index (χ0) is 14.5. The first-order valence-corrected chi connectivity index (χ1v) is 7.04. The molecule has 2 aromatic heterocycles. The highest BCUT2D eigenvalue weighted by molar-refractivity contribution is 7.17. The SMILES string of the molecule is C=CCNc1ncc(C(=O)Nc2c(C)noc2CC)s1. The molecule has 0 aliphatic rings. The van der Waals surface area contributed by atoms with Crippen LogP contribution >= 0.6 is 11.3 Å². The zero-order valence-corrected chi connectivity index (χ0v) is 12.2. The van der Waals surface area contributed by atoms with Crippen molar-refractivity contribution in [1.82, 2.24) is 10.1 Å². The first-order chi connectivity index (χ1) is 9.65. The van der Waals surface area contributed by atoms with Gasteiger partial charge in [-0.3, -0.25) is 4.79 Å². The highest BCUT2D eigenvalue weighted by atomic mass is 32.1. The fraction of sp³-hybridized carbons (Fsp3) is 0.308. The van der Waals surface area contributed by atoms with E-state index in [1.54, 1.807) is 19.2 Å². The average Bonchev–Trinajstić information content (AvgIpc) is 3.04. The van der Waals surface area contributed by atoms with Gasteiger partial charge in [-0.25, -0.2) is 4.98 Å². The van der Waals surface area contributed by atoms with Crippen LogP contribution in [-0.2, 0) is 6.42 Å². The van der Waals surface area contributed by atoms with Crippen molar-refractivity contribution in [1.29, 1.82) is 0 Å². The Labute approximate surface area is 120 Å². The summed E-state index contributed by atoms with van der Waals surface area (Å²) in [6.07, 6.45) is 3.94. The zero-order valence-electron chi connectivity index (χ0n) is 11.4. The van der Waals surface area contributed by atoms with Crippen molar-refractivity contribution in [3.8, 4) is 0 Å². The van der Waals surface area contributed by atoms with Gasteiger partial charge in [-0.05, 0) is 6.92 Å². The van der Waals surface area contributed by atoms with Gasteiger partial charge in [0, 0.05) is 13.0 Å². The Hall–Kier alpha value is -2.15. The summed E-state index contributed by atoms with van der Waals surface area (Å²) in [5, 5.41) is 10.4. The van der Waals surface area contributed by atoms with Crippen LogP contribution in [-0.4, -0.2) is 22.6 Å². The van der Waals surface area contributed by atoms with Crippen LogP contribution < -0.4 is 10.6 Å². The molecule has 0 bridgehead atoms. The van der Waals surface area contributed by atoms with Crippen LogP contribution in [0.4, 0.5) is 10.8 Å². The lowest BCUT2D eigenvalue weighted by molar-refractivity contribution is 0.103. The average molecular weight is 292 g/mol. The molecule has 0 unspecified atom stereocenters. The minimum absolute atomic E-state index is 0.213. The van der Waals surface area contributed by atoms with Gasteiger partial charge < -0.3 is 15.2 Å². The molecule has 0 aliphatic heterocycles. The van der Waals surface area contributed by atoms with Gasteiger partial charge in [-0.2, -0.15) is 0 Å². The predicted octanol–water partition coefficient (Wildman–Crippen LogP) is 2.85. The van der Waals surface area contributed by atoms with Crippen LogP contribution in [0.25, 0.3) is 0 Å². The first-order valence-electron chi connectivity index (χ1n) is 6.22. The molecule has 20 heavy (non-hydrogen) atoms. The van der Waals surface area contributed by atoms with Crippen molar-refractivity contribution in [2.75, 3.05) is 17.2 Å². The van der Waals surface area contributed by atoms with Crippen molar-refractivity contribution in [3.63, 3.8) is 0 Å². The Morgan fingerprint density at radius 1 is 1.60 bits per heavy atom. The van der Waals surface area contributed by atoms with E-state index in [9.17, 15) is 4.79 Å². The molecule has 2 N–H and O–H groups in total. The van der Waals surface area contributed by atoms with Gasteiger partial charge in [0.2, 0.25) is 0 Å². The van der Waals surface area contributed by atoms with Crippen molar-refractivity contribution in [2.24, 2.45) is 0 Å². The van der Waals surface area contributed by atoms with Crippen LogP contribution in [0.3, 0.4) is 0 Å². The van der Waals surface area contributed by atoms with E-state index in [0.717, 1.165) is 0 Å². The third-order valence-corrected chi connectivity index (χ3v) is 3.57. The number of amides is 1. The lowest BCUT2D eigenvalue weighted by Gasteiger charge is -2.02. The monoisotopic (exact) mass is 292 g/mol. The van der Waals surface area contributed by atoms with E-state index in [4.69, 9.17) is 4.52 Å². The van der Waals surface area contributed by atoms with Gasteiger partial charge in [-0.15, -0.1) is 6.58 Å². The number of carbonyl (C=O) groups excluding carboxylic acids is 1. The maximum atomic E-state index is 12.2. The molecule has 2 heterocycles. The standard InChI is InChI=1S/C13H16N4O2S/c1-4-6-14-13-15-7-10(20-13)12(18)16-11-8(3)17-19-9(11)5-2/h4,7H,1,5-6H2,2-3H3,(H,14,15)(H,16,18). The predicted molar refractivity (Wildman–Crippen MR) is 79.4 cm³/mol. The molecule has 6 nitrogen and oxygen atoms in total. The Bertz CT molecular complexity index is 618. The molecule has 0 spiro atoms. The van der Waals surface area contributed by atoms with Crippen LogP contribution in [0.15, 0.2) is 23.4 Å². The topological polar surface area (TPSA) is 80.0 Å². The first kappa shape index (κ1) is 14.3. The molecule has 0 atom stereocenters. The highest BCUT2D eigenvalue weighted by Gasteiger charge is 2.17. The summed E-state index contributed by atoms with van der Waals surface area (Å²) in [4.78, 5) is 16.8. The lowest BCUT2D eigenvalue weighted by atomic mass is 10.2. The lowest BCUT2D eigenvalue weighted by Crippen LogP contribution is -2.11. The smallest absolute Gasteiger partial charge is 0.267 e. The summed E-state index contributed by atoms with van der Waals surface area (Å²) in [6.45, 7) is 7.96. The largest absolute Gasteiger partial charge is 0.359 e. The second kappa shape index (κ2) is 6.33. The molecule has 106 valence electrons. The van der Waals surface area contributed by atoms with Gasteiger partial charge in [0.15, 0.2) is 10.9 Å². The Morgan fingerprint density at radius 2 is 2.40 bits per heavy atom. The molecule has 0 saturated carbocycles. The fourth-order valence-corrected chi connectivity index (χ4v) is 2.33. The van der Waals surface area contributed by atoms with Crippen LogP contribution in [0.2, 0.25) is 0 Å². The number of hydrogen-bond donors (Lipinski definition) is 2. The Balaban J connectivity index is 2.09. The second-order valence-corrected chi connectivity index (χ2v) is 5.10. The number of aryl methyl sites for hydroxylation is 2. The molecule has 7 heteroatoms. The molecule has 0 radical (unpaired) electrons. The Kier molecular flexibility index (Phi) is 4.52. The quantitative estimate of drug-likeness (QED) is 0.800. The minimum atomic E-state index is -0.213. The van der Waals surface area contributed by atoms with Gasteiger partial charge in [0.25, 0.3) is 5.91 Å². The minimum Gasteiger partial charge on any atom is -0.359 e. The summed E-state index contributed by atoms with van der Waals surface area (Å²) in [7, 11) is 0. The molecule has 2 aromatic rings. The molecule has 1 amide bonds. The van der Waals surface area contributed by atoms with Crippen molar-refractivity contribution in [3.05, 3.63) is 35.2 Å². The van der Waals surface area contributed by atoms with E-state index in [1.807, 2.05) is 6.92 Å². The van der Waals surface area contributed by atoms with E-state index in [-0.39, 0.29) is 5.91 Å². The molecular weight excluding hydrogens is 276 g/mol. The molecule has 0 fully saturated rings. The van der Waals surface area contributed by atoms with Crippen LogP contribution in [0, 0.1) is 6.92 Å². The number of nitrogens with zero attached hydrogens (tertiary/aromatic N) is 2. The highest BCUT2D eigenvalue weighted by Crippen LogP contribution is 2.23. The third kappa shape index (κ3) is 3.05. The Morgan fingerprint density at radius 3 is 3.10 bits per heavy atom. The molecule has 0 aliphatic carbocycles. The number of carbonyl (C=O) groups is 1. The number of hydrogen-bond acceptors (Lipinski definition) is 6. The molecule has 0 saturated heterocycles. The second-order valence-electron chi connectivity index (χ2n) is 4.07. The van der Waals surface area contributed by atoms with Crippen LogP contribution in [0.5, 0.6) is 0 Å². The van der Waals surface area contributed by atoms with E-state index in [1.165, 1.54) is 11.3 Å². The van der Waals surface area contributed by atoms with Gasteiger partial charge in [-0.1, -0.05) is 29.5 Å². The van der Waals surface area contributed by atoms with E-state index in [0.29, 0.717) is 40.1 Å². The fourth-order valence-electron chi connectivity index (χ4n) is 1.61. The van der Waals surface area contributed by atoms with Gasteiger partial charge in [0.05, 0.1) is 6.20 Å². The number of rotatable bonds is 6. The van der Waals surface area contributed by atoms with E-state index < -0.39 is 0 Å².